The maximum atomic E-state index is 6.13. The zero-order chi connectivity index (χ0) is 12.3. The van der Waals surface area contributed by atoms with Gasteiger partial charge in [-0.25, -0.2) is 4.98 Å². The Kier molecular flexibility index (Phi) is 4.48. The molecule has 1 fully saturated rings. The van der Waals surface area contributed by atoms with Gasteiger partial charge >= 0.3 is 0 Å². The number of nitrogens with one attached hydrogen (secondary N) is 1. The molecule has 1 aliphatic rings. The summed E-state index contributed by atoms with van der Waals surface area (Å²) < 4.78 is 0. The molecule has 0 saturated carbocycles. The lowest BCUT2D eigenvalue weighted by atomic mass is 10.0. The molecule has 0 aliphatic carbocycles. The first-order valence-corrected chi connectivity index (χ1v) is 6.68. The Morgan fingerprint density at radius 3 is 2.94 bits per heavy atom. The SMILES string of the molecule is CN(CC1CCCCN1)c1ncc(Cl)cc1Cl. The molecule has 1 aromatic rings. The van der Waals surface area contributed by atoms with Crippen molar-refractivity contribution in [1.29, 1.82) is 0 Å². The van der Waals surface area contributed by atoms with Crippen LogP contribution in [-0.2, 0) is 0 Å². The van der Waals surface area contributed by atoms with Crippen molar-refractivity contribution >= 4 is 29.0 Å². The highest BCUT2D eigenvalue weighted by Crippen LogP contribution is 2.25. The minimum atomic E-state index is 0.530. The van der Waals surface area contributed by atoms with Gasteiger partial charge in [-0.05, 0) is 25.5 Å². The molecule has 1 aromatic heterocycles. The largest absolute Gasteiger partial charge is 0.357 e. The number of hydrogen-bond acceptors (Lipinski definition) is 3. The molecule has 1 unspecified atom stereocenters. The van der Waals surface area contributed by atoms with Crippen LogP contribution in [0.1, 0.15) is 19.3 Å². The summed E-state index contributed by atoms with van der Waals surface area (Å²) in [6.07, 6.45) is 5.43. The van der Waals surface area contributed by atoms with E-state index in [9.17, 15) is 0 Å². The van der Waals surface area contributed by atoms with Crippen molar-refractivity contribution in [3.63, 3.8) is 0 Å². The van der Waals surface area contributed by atoms with Crippen molar-refractivity contribution < 1.29 is 0 Å². The van der Waals surface area contributed by atoms with Gasteiger partial charge in [-0.15, -0.1) is 0 Å². The molecule has 0 spiro atoms. The van der Waals surface area contributed by atoms with Crippen molar-refractivity contribution in [3.8, 4) is 0 Å². The lowest BCUT2D eigenvalue weighted by Gasteiger charge is -2.29. The molecule has 1 N–H and O–H groups in total. The number of halogens is 2. The maximum Gasteiger partial charge on any atom is 0.147 e. The van der Waals surface area contributed by atoms with Crippen molar-refractivity contribution in [2.24, 2.45) is 0 Å². The Morgan fingerprint density at radius 1 is 1.47 bits per heavy atom. The van der Waals surface area contributed by atoms with Crippen LogP contribution >= 0.6 is 23.2 Å². The summed E-state index contributed by atoms with van der Waals surface area (Å²) in [5, 5.41) is 4.69. The molecule has 94 valence electrons. The Labute approximate surface area is 112 Å². The van der Waals surface area contributed by atoms with Gasteiger partial charge in [-0.3, -0.25) is 0 Å². The van der Waals surface area contributed by atoms with Crippen LogP contribution in [0.3, 0.4) is 0 Å². The number of piperidine rings is 1. The molecular formula is C12H17Cl2N3. The van der Waals surface area contributed by atoms with E-state index in [4.69, 9.17) is 23.2 Å². The van der Waals surface area contributed by atoms with Gasteiger partial charge < -0.3 is 10.2 Å². The maximum absolute atomic E-state index is 6.13. The fourth-order valence-corrected chi connectivity index (χ4v) is 2.71. The van der Waals surface area contributed by atoms with Crippen LogP contribution < -0.4 is 10.2 Å². The summed E-state index contributed by atoms with van der Waals surface area (Å²) in [6.45, 7) is 2.04. The van der Waals surface area contributed by atoms with E-state index >= 15 is 0 Å². The second-order valence-corrected chi connectivity index (χ2v) is 5.33. The summed E-state index contributed by atoms with van der Waals surface area (Å²) in [5.41, 5.74) is 0. The predicted octanol–water partition coefficient (Wildman–Crippen LogP) is 2.97. The van der Waals surface area contributed by atoms with Crippen LogP contribution in [0.2, 0.25) is 10.0 Å². The third kappa shape index (κ3) is 3.47. The van der Waals surface area contributed by atoms with E-state index < -0.39 is 0 Å². The van der Waals surface area contributed by atoms with Crippen molar-refractivity contribution in [2.75, 3.05) is 25.0 Å². The number of likely N-dealkylation sites (N-methyl/N-ethyl adjacent to an activating group) is 1. The molecule has 3 nitrogen and oxygen atoms in total. The zero-order valence-corrected chi connectivity index (χ0v) is 11.4. The molecule has 17 heavy (non-hydrogen) atoms. The molecule has 0 radical (unpaired) electrons. The fraction of sp³-hybridized carbons (Fsp3) is 0.583. The van der Waals surface area contributed by atoms with Crippen molar-refractivity contribution in [3.05, 3.63) is 22.3 Å². The molecular weight excluding hydrogens is 257 g/mol. The Hall–Kier alpha value is -0.510. The third-order valence-corrected chi connectivity index (χ3v) is 3.54. The van der Waals surface area contributed by atoms with Crippen LogP contribution in [0.25, 0.3) is 0 Å². The molecule has 1 aliphatic heterocycles. The number of aromatic nitrogens is 1. The van der Waals surface area contributed by atoms with Gasteiger partial charge in [0.2, 0.25) is 0 Å². The van der Waals surface area contributed by atoms with E-state index in [0.29, 0.717) is 16.1 Å². The average molecular weight is 274 g/mol. The van der Waals surface area contributed by atoms with Crippen LogP contribution in [0.5, 0.6) is 0 Å². The van der Waals surface area contributed by atoms with Crippen LogP contribution in [0.15, 0.2) is 12.3 Å². The second-order valence-electron chi connectivity index (χ2n) is 4.49. The Bertz CT molecular complexity index is 378. The van der Waals surface area contributed by atoms with Gasteiger partial charge in [0, 0.05) is 25.8 Å². The highest BCUT2D eigenvalue weighted by atomic mass is 35.5. The first-order valence-electron chi connectivity index (χ1n) is 5.92. The molecule has 5 heteroatoms. The zero-order valence-electron chi connectivity index (χ0n) is 9.92. The standard InChI is InChI=1S/C12H17Cl2N3/c1-17(8-10-4-2-3-5-15-10)12-11(14)6-9(13)7-16-12/h6-7,10,15H,2-5,8H2,1H3. The molecule has 1 atom stereocenters. The predicted molar refractivity (Wildman–Crippen MR) is 73.2 cm³/mol. The molecule has 0 amide bonds. The van der Waals surface area contributed by atoms with Crippen molar-refractivity contribution in [1.82, 2.24) is 10.3 Å². The van der Waals surface area contributed by atoms with E-state index in [-0.39, 0.29) is 0 Å². The average Bonchev–Trinajstić information content (AvgIpc) is 2.30. The van der Waals surface area contributed by atoms with Gasteiger partial charge in [0.15, 0.2) is 0 Å². The molecule has 0 aromatic carbocycles. The van der Waals surface area contributed by atoms with Gasteiger partial charge in [0.1, 0.15) is 5.82 Å². The number of rotatable bonds is 3. The quantitative estimate of drug-likeness (QED) is 0.918. The van der Waals surface area contributed by atoms with Gasteiger partial charge in [-0.2, -0.15) is 0 Å². The van der Waals surface area contributed by atoms with E-state index in [1.807, 2.05) is 7.05 Å². The number of nitrogens with zero attached hydrogens (tertiary/aromatic N) is 2. The smallest absolute Gasteiger partial charge is 0.147 e. The lowest BCUT2D eigenvalue weighted by molar-refractivity contribution is 0.403. The summed E-state index contributed by atoms with van der Waals surface area (Å²) in [7, 11) is 2.01. The molecule has 0 bridgehead atoms. The van der Waals surface area contributed by atoms with Gasteiger partial charge in [0.25, 0.3) is 0 Å². The Balaban J connectivity index is 2.00. The van der Waals surface area contributed by atoms with E-state index in [1.54, 1.807) is 12.3 Å². The second kappa shape index (κ2) is 5.89. The lowest BCUT2D eigenvalue weighted by Crippen LogP contribution is -2.42. The summed E-state index contributed by atoms with van der Waals surface area (Å²) in [4.78, 5) is 6.36. The number of anilines is 1. The minimum absolute atomic E-state index is 0.530. The topological polar surface area (TPSA) is 28.2 Å². The van der Waals surface area contributed by atoms with E-state index in [0.717, 1.165) is 18.9 Å². The fourth-order valence-electron chi connectivity index (χ4n) is 2.19. The normalized spacial score (nSPS) is 20.3. The van der Waals surface area contributed by atoms with Crippen molar-refractivity contribution in [2.45, 2.75) is 25.3 Å². The van der Waals surface area contributed by atoms with Crippen LogP contribution in [0, 0.1) is 0 Å². The van der Waals surface area contributed by atoms with Crippen LogP contribution in [0.4, 0.5) is 5.82 Å². The summed E-state index contributed by atoms with van der Waals surface area (Å²) >= 11 is 12.0. The van der Waals surface area contributed by atoms with Gasteiger partial charge in [0.05, 0.1) is 10.0 Å². The highest BCUT2D eigenvalue weighted by molar-refractivity contribution is 6.35. The number of pyridine rings is 1. The van der Waals surface area contributed by atoms with E-state index in [1.165, 1.54) is 19.3 Å². The monoisotopic (exact) mass is 273 g/mol. The minimum Gasteiger partial charge on any atom is -0.357 e. The van der Waals surface area contributed by atoms with E-state index in [2.05, 4.69) is 15.2 Å². The first kappa shape index (κ1) is 12.9. The van der Waals surface area contributed by atoms with Gasteiger partial charge in [-0.1, -0.05) is 29.6 Å². The Morgan fingerprint density at radius 2 is 2.29 bits per heavy atom. The first-order chi connectivity index (χ1) is 8.16. The summed E-state index contributed by atoms with van der Waals surface area (Å²) in [6, 6.07) is 2.26. The van der Waals surface area contributed by atoms with Crippen LogP contribution in [-0.4, -0.2) is 31.2 Å². The summed E-state index contributed by atoms with van der Waals surface area (Å²) in [5.74, 6) is 0.795. The molecule has 2 heterocycles. The third-order valence-electron chi connectivity index (χ3n) is 3.06. The number of hydrogen-bond donors (Lipinski definition) is 1. The molecule has 2 rings (SSSR count). The highest BCUT2D eigenvalue weighted by Gasteiger charge is 2.16. The molecule has 1 saturated heterocycles.